The molecule has 0 radical (unpaired) electrons. The molecular weight excluding hydrogens is 787 g/mol. The Bertz CT molecular complexity index is 3240. The summed E-state index contributed by atoms with van der Waals surface area (Å²) in [5, 5.41) is 6.61. The summed E-state index contributed by atoms with van der Waals surface area (Å²) in [6.45, 7) is 20.2. The molecule has 0 amide bonds. The Balaban J connectivity index is 1.07. The lowest BCUT2D eigenvalue weighted by atomic mass is 9.34. The fraction of sp³-hybridized carbons (Fsp3) is 0.214. The van der Waals surface area contributed by atoms with Crippen molar-refractivity contribution in [3.8, 4) is 57.1 Å². The van der Waals surface area contributed by atoms with Crippen molar-refractivity contribution in [2.45, 2.75) is 78.6 Å². The van der Waals surface area contributed by atoms with Crippen LogP contribution in [0.25, 0.3) is 44.4 Å². The first-order valence-electron chi connectivity index (χ1n) is 22.2. The maximum atomic E-state index is 6.95. The van der Waals surface area contributed by atoms with Crippen molar-refractivity contribution >= 4 is 44.9 Å². The highest BCUT2D eigenvalue weighted by Crippen LogP contribution is 2.43. The van der Waals surface area contributed by atoms with Gasteiger partial charge in [-0.1, -0.05) is 98.7 Å². The monoisotopic (exact) mass is 838 g/mol. The zero-order valence-corrected chi connectivity index (χ0v) is 37.9. The number of fused-ring (bicyclic) bond motifs is 7. The summed E-state index contributed by atoms with van der Waals surface area (Å²) in [5.41, 5.74) is 12.0. The molecule has 2 aliphatic heterocycles. The van der Waals surface area contributed by atoms with E-state index in [1.54, 1.807) is 6.20 Å². The van der Waals surface area contributed by atoms with E-state index in [-0.39, 0.29) is 23.0 Å². The first-order valence-corrected chi connectivity index (χ1v) is 22.2. The minimum Gasteiger partial charge on any atom is -0.458 e. The van der Waals surface area contributed by atoms with Gasteiger partial charge < -0.3 is 14.2 Å². The molecule has 3 aromatic heterocycles. The Hall–Kier alpha value is -7.06. The smallest absolute Gasteiger partial charge is 0.260 e. The van der Waals surface area contributed by atoms with E-state index in [1.165, 1.54) is 16.7 Å². The summed E-state index contributed by atoms with van der Waals surface area (Å²) >= 11 is 0. The molecule has 8 heteroatoms. The molecule has 7 nitrogen and oxygen atoms in total. The largest absolute Gasteiger partial charge is 0.458 e. The normalized spacial score (nSPS) is 13.3. The van der Waals surface area contributed by atoms with Gasteiger partial charge in [0.15, 0.2) is 0 Å². The van der Waals surface area contributed by atoms with Crippen LogP contribution in [0.1, 0.15) is 79.0 Å². The van der Waals surface area contributed by atoms with Crippen LogP contribution in [0.3, 0.4) is 0 Å². The summed E-state index contributed by atoms with van der Waals surface area (Å²) in [6, 6.07) is 45.2. The average molecular weight is 839 g/mol. The third-order valence-corrected chi connectivity index (χ3v) is 12.9. The topological polar surface area (TPSA) is 63.3 Å². The summed E-state index contributed by atoms with van der Waals surface area (Å²) < 4.78 is 24.6. The number of ether oxygens (including phenoxy) is 3. The van der Waals surface area contributed by atoms with Crippen LogP contribution in [-0.4, -0.2) is 26.0 Å². The van der Waals surface area contributed by atoms with E-state index >= 15 is 0 Å². The molecule has 64 heavy (non-hydrogen) atoms. The molecule has 5 heterocycles. The van der Waals surface area contributed by atoms with E-state index in [0.717, 1.165) is 95.3 Å². The predicted molar refractivity (Wildman–Crippen MR) is 261 cm³/mol. The van der Waals surface area contributed by atoms with Gasteiger partial charge in [-0.15, -0.1) is 0 Å². The lowest BCUT2D eigenvalue weighted by Crippen LogP contribution is -2.57. The molecule has 0 atom stereocenters. The minimum absolute atomic E-state index is 0.0177. The Kier molecular flexibility index (Phi) is 8.84. The zero-order valence-electron chi connectivity index (χ0n) is 37.9. The van der Waals surface area contributed by atoms with E-state index in [1.807, 2.05) is 47.4 Å². The van der Waals surface area contributed by atoms with Gasteiger partial charge >= 0.3 is 0 Å². The minimum atomic E-state index is -0.0585. The summed E-state index contributed by atoms with van der Waals surface area (Å²) in [5.74, 6) is 5.75. The lowest BCUT2D eigenvalue weighted by molar-refractivity contribution is 0.461. The van der Waals surface area contributed by atoms with Crippen molar-refractivity contribution in [1.82, 2.24) is 19.3 Å². The predicted octanol–water partition coefficient (Wildman–Crippen LogP) is 12.4. The highest BCUT2D eigenvalue weighted by Gasteiger charge is 2.41. The highest BCUT2D eigenvalue weighted by atomic mass is 16.5. The second-order valence-corrected chi connectivity index (χ2v) is 20.5. The Morgan fingerprint density at radius 1 is 0.516 bits per heavy atom. The summed E-state index contributed by atoms with van der Waals surface area (Å²) in [4.78, 5) is 4.97. The molecule has 0 aliphatic carbocycles. The highest BCUT2D eigenvalue weighted by molar-refractivity contribution is 6.98. The SMILES string of the molecule is CC(C)(C)c1ccnc(-n2c3ccc(-c4cc5c6c(c4)Oc4cc(C(C)(C)C)ccc4B6c4ccc(C(C)(C)C)cc4O5)cc3c3ccc(Oc4cccc(-n5cccn5)c4)cc32)c1. The van der Waals surface area contributed by atoms with Crippen LogP contribution in [0.2, 0.25) is 0 Å². The van der Waals surface area contributed by atoms with Gasteiger partial charge in [-0.25, -0.2) is 9.67 Å². The summed E-state index contributed by atoms with van der Waals surface area (Å²) in [6.07, 6.45) is 5.62. The van der Waals surface area contributed by atoms with Gasteiger partial charge in [0.05, 0.1) is 16.7 Å². The van der Waals surface area contributed by atoms with Crippen molar-refractivity contribution in [3.05, 3.63) is 163 Å². The van der Waals surface area contributed by atoms with E-state index in [2.05, 4.69) is 169 Å². The lowest BCUT2D eigenvalue weighted by Gasteiger charge is -2.35. The fourth-order valence-electron chi connectivity index (χ4n) is 9.34. The maximum absolute atomic E-state index is 6.95. The molecule has 11 rings (SSSR count). The zero-order chi connectivity index (χ0) is 44.3. The van der Waals surface area contributed by atoms with Crippen LogP contribution < -0.4 is 30.6 Å². The van der Waals surface area contributed by atoms with Crippen molar-refractivity contribution in [3.63, 3.8) is 0 Å². The van der Waals surface area contributed by atoms with Crippen LogP contribution in [0.15, 0.2) is 146 Å². The van der Waals surface area contributed by atoms with Crippen molar-refractivity contribution in [2.75, 3.05) is 0 Å². The fourth-order valence-corrected chi connectivity index (χ4v) is 9.34. The Morgan fingerprint density at radius 2 is 1.17 bits per heavy atom. The Morgan fingerprint density at radius 3 is 1.81 bits per heavy atom. The number of rotatable bonds is 5. The van der Waals surface area contributed by atoms with Crippen molar-refractivity contribution < 1.29 is 14.2 Å². The van der Waals surface area contributed by atoms with E-state index < -0.39 is 0 Å². The molecule has 2 aliphatic rings. The van der Waals surface area contributed by atoms with Crippen LogP contribution in [-0.2, 0) is 16.2 Å². The molecular formula is C56H51BN4O3. The number of benzene rings is 6. The molecule has 0 N–H and O–H groups in total. The second kappa shape index (κ2) is 14.2. The third-order valence-electron chi connectivity index (χ3n) is 12.9. The third kappa shape index (κ3) is 6.75. The molecule has 0 unspecified atom stereocenters. The molecule has 0 fully saturated rings. The second-order valence-electron chi connectivity index (χ2n) is 20.5. The number of aromatic nitrogens is 4. The van der Waals surface area contributed by atoms with Gasteiger partial charge in [-0.3, -0.25) is 4.57 Å². The quantitative estimate of drug-likeness (QED) is 0.162. The maximum Gasteiger partial charge on any atom is 0.260 e. The molecule has 316 valence electrons. The van der Waals surface area contributed by atoms with Gasteiger partial charge in [-0.05, 0) is 134 Å². The Labute approximate surface area is 375 Å². The number of nitrogens with zero attached hydrogens (tertiary/aromatic N) is 4. The van der Waals surface area contributed by atoms with Crippen molar-refractivity contribution in [1.29, 1.82) is 0 Å². The van der Waals surface area contributed by atoms with E-state index in [4.69, 9.17) is 19.2 Å². The van der Waals surface area contributed by atoms with Gasteiger partial charge in [-0.2, -0.15) is 5.10 Å². The molecule has 9 aromatic rings. The van der Waals surface area contributed by atoms with E-state index in [0.29, 0.717) is 0 Å². The molecule has 0 saturated carbocycles. The first kappa shape index (κ1) is 39.8. The van der Waals surface area contributed by atoms with Gasteiger partial charge in [0.2, 0.25) is 0 Å². The average Bonchev–Trinajstić information content (AvgIpc) is 3.92. The first-order chi connectivity index (χ1) is 30.6. The van der Waals surface area contributed by atoms with Crippen LogP contribution in [0.4, 0.5) is 0 Å². The molecule has 0 spiro atoms. The standard InChI is InChI=1S/C56H51BN4O3/c1-54(2,3)36-15-19-44-48(29-36)63-50-27-35(28-51-53(50)57(44)45-20-16-37(55(4,5)6)30-49(45)64-51)34-14-21-46-43(26-34)42-18-17-41(62-40-13-10-12-39(32-40)60-25-11-23-59-60)33-47(42)61(46)52-31-38(22-24-58-52)56(7,8)9/h10-33H,1-9H3. The number of hydrogen-bond donors (Lipinski definition) is 0. The molecule has 6 aromatic carbocycles. The van der Waals surface area contributed by atoms with Crippen LogP contribution >= 0.6 is 0 Å². The summed E-state index contributed by atoms with van der Waals surface area (Å²) in [7, 11) is 0. The van der Waals surface area contributed by atoms with Gasteiger partial charge in [0, 0.05) is 47.0 Å². The van der Waals surface area contributed by atoms with Gasteiger partial charge in [0.1, 0.15) is 40.3 Å². The molecule has 0 bridgehead atoms. The van der Waals surface area contributed by atoms with Crippen LogP contribution in [0.5, 0.6) is 34.5 Å². The van der Waals surface area contributed by atoms with Crippen molar-refractivity contribution in [2.24, 2.45) is 0 Å². The van der Waals surface area contributed by atoms with Crippen LogP contribution in [0, 0.1) is 0 Å². The van der Waals surface area contributed by atoms with E-state index in [9.17, 15) is 0 Å². The molecule has 0 saturated heterocycles. The number of pyridine rings is 1. The number of hydrogen-bond acceptors (Lipinski definition) is 5. The van der Waals surface area contributed by atoms with Gasteiger partial charge in [0.25, 0.3) is 6.71 Å².